The smallest absolute Gasteiger partial charge is 0.269 e. The van der Waals surface area contributed by atoms with Gasteiger partial charge in [0.25, 0.3) is 5.56 Å². The largest absolute Gasteiger partial charge is 0.380 e. The van der Waals surface area contributed by atoms with E-state index in [4.69, 9.17) is 0 Å². The maximum absolute atomic E-state index is 14.2. The molecule has 2 N–H and O–H groups in total. The molecule has 0 unspecified atom stereocenters. The SMILES string of the molecule is CCCCNc1c(F)cc2[nH]c(=O)c(C)nc2c1F. The molecule has 0 aliphatic carbocycles. The Morgan fingerprint density at radius 3 is 2.84 bits per heavy atom. The molecule has 0 aliphatic rings. The van der Waals surface area contributed by atoms with Crippen LogP contribution in [0, 0.1) is 18.6 Å². The van der Waals surface area contributed by atoms with Crippen LogP contribution in [0.5, 0.6) is 0 Å². The van der Waals surface area contributed by atoms with E-state index in [-0.39, 0.29) is 22.4 Å². The number of halogens is 2. The van der Waals surface area contributed by atoms with Crippen molar-refractivity contribution in [2.45, 2.75) is 26.7 Å². The van der Waals surface area contributed by atoms with Gasteiger partial charge in [-0.05, 0) is 13.3 Å². The summed E-state index contributed by atoms with van der Waals surface area (Å²) in [5.41, 5.74) is -0.459. The van der Waals surface area contributed by atoms with E-state index in [1.807, 2.05) is 6.92 Å². The van der Waals surface area contributed by atoms with Gasteiger partial charge in [0.2, 0.25) is 0 Å². The number of hydrogen-bond donors (Lipinski definition) is 2. The number of aromatic nitrogens is 2. The zero-order chi connectivity index (χ0) is 14.0. The third-order valence-electron chi connectivity index (χ3n) is 2.88. The number of benzene rings is 1. The summed E-state index contributed by atoms with van der Waals surface area (Å²) >= 11 is 0. The molecule has 0 fully saturated rings. The van der Waals surface area contributed by atoms with Crippen molar-refractivity contribution in [2.75, 3.05) is 11.9 Å². The Labute approximate surface area is 108 Å². The summed E-state index contributed by atoms with van der Waals surface area (Å²) in [7, 11) is 0. The topological polar surface area (TPSA) is 57.8 Å². The first kappa shape index (κ1) is 13.5. The Hall–Kier alpha value is -1.98. The van der Waals surface area contributed by atoms with Crippen LogP contribution in [-0.2, 0) is 0 Å². The molecule has 102 valence electrons. The van der Waals surface area contributed by atoms with Crippen LogP contribution in [0.25, 0.3) is 11.0 Å². The van der Waals surface area contributed by atoms with Gasteiger partial charge in [-0.25, -0.2) is 13.8 Å². The summed E-state index contributed by atoms with van der Waals surface area (Å²) < 4.78 is 28.0. The molecule has 0 saturated heterocycles. The Kier molecular flexibility index (Phi) is 3.78. The lowest BCUT2D eigenvalue weighted by Gasteiger charge is -2.10. The zero-order valence-electron chi connectivity index (χ0n) is 10.8. The van der Waals surface area contributed by atoms with Crippen molar-refractivity contribution in [3.63, 3.8) is 0 Å². The maximum atomic E-state index is 14.2. The van der Waals surface area contributed by atoms with Gasteiger partial charge in [-0.2, -0.15) is 0 Å². The highest BCUT2D eigenvalue weighted by molar-refractivity contribution is 5.80. The van der Waals surface area contributed by atoms with E-state index in [1.54, 1.807) is 0 Å². The van der Waals surface area contributed by atoms with Crippen molar-refractivity contribution in [3.05, 3.63) is 33.7 Å². The predicted molar refractivity (Wildman–Crippen MR) is 70.4 cm³/mol. The molecule has 0 radical (unpaired) electrons. The molecule has 0 amide bonds. The number of H-pyrrole nitrogens is 1. The number of aromatic amines is 1. The fraction of sp³-hybridized carbons (Fsp3) is 0.385. The van der Waals surface area contributed by atoms with Gasteiger partial charge in [-0.15, -0.1) is 0 Å². The van der Waals surface area contributed by atoms with E-state index in [2.05, 4.69) is 15.3 Å². The van der Waals surface area contributed by atoms with Crippen molar-refractivity contribution in [1.29, 1.82) is 0 Å². The molecule has 0 saturated carbocycles. The van der Waals surface area contributed by atoms with Crippen LogP contribution in [-0.4, -0.2) is 16.5 Å². The van der Waals surface area contributed by atoms with Gasteiger partial charge in [0, 0.05) is 12.6 Å². The van der Waals surface area contributed by atoms with E-state index in [9.17, 15) is 13.6 Å². The lowest BCUT2D eigenvalue weighted by Crippen LogP contribution is -2.14. The highest BCUT2D eigenvalue weighted by Gasteiger charge is 2.15. The number of aryl methyl sites for hydroxylation is 1. The number of nitrogens with one attached hydrogen (secondary N) is 2. The van der Waals surface area contributed by atoms with Gasteiger partial charge in [0.1, 0.15) is 16.9 Å². The lowest BCUT2D eigenvalue weighted by atomic mass is 10.2. The van der Waals surface area contributed by atoms with E-state index >= 15 is 0 Å². The van der Waals surface area contributed by atoms with E-state index in [0.29, 0.717) is 6.54 Å². The van der Waals surface area contributed by atoms with Crippen LogP contribution in [0.1, 0.15) is 25.5 Å². The summed E-state index contributed by atoms with van der Waals surface area (Å²) in [5, 5.41) is 2.73. The van der Waals surface area contributed by atoms with E-state index < -0.39 is 17.2 Å². The minimum Gasteiger partial charge on any atom is -0.380 e. The monoisotopic (exact) mass is 267 g/mol. The molecule has 1 heterocycles. The summed E-state index contributed by atoms with van der Waals surface area (Å²) in [6.07, 6.45) is 1.74. The molecule has 4 nitrogen and oxygen atoms in total. The summed E-state index contributed by atoms with van der Waals surface area (Å²) in [6, 6.07) is 1.08. The second-order valence-corrected chi connectivity index (χ2v) is 4.38. The number of nitrogens with zero attached hydrogens (tertiary/aromatic N) is 1. The van der Waals surface area contributed by atoms with Crippen molar-refractivity contribution in [1.82, 2.24) is 9.97 Å². The van der Waals surface area contributed by atoms with Gasteiger partial charge in [-0.3, -0.25) is 4.79 Å². The minimum absolute atomic E-state index is 0.0301. The first-order chi connectivity index (χ1) is 9.04. The van der Waals surface area contributed by atoms with Crippen LogP contribution < -0.4 is 10.9 Å². The molecule has 2 rings (SSSR count). The van der Waals surface area contributed by atoms with Gasteiger partial charge in [0.05, 0.1) is 5.52 Å². The second-order valence-electron chi connectivity index (χ2n) is 4.38. The summed E-state index contributed by atoms with van der Waals surface area (Å²) in [5.74, 6) is -1.51. The van der Waals surface area contributed by atoms with Crippen LogP contribution in [0.3, 0.4) is 0 Å². The molecule has 19 heavy (non-hydrogen) atoms. The summed E-state index contributed by atoms with van der Waals surface area (Å²) in [4.78, 5) is 17.7. The van der Waals surface area contributed by atoms with Crippen molar-refractivity contribution >= 4 is 16.7 Å². The summed E-state index contributed by atoms with van der Waals surface area (Å²) in [6.45, 7) is 3.95. The molecule has 0 aliphatic heterocycles. The molecule has 0 spiro atoms. The van der Waals surface area contributed by atoms with E-state index in [1.165, 1.54) is 6.92 Å². The molecule has 1 aromatic carbocycles. The van der Waals surface area contributed by atoms with Gasteiger partial charge >= 0.3 is 0 Å². The average Bonchev–Trinajstić information content (AvgIpc) is 2.36. The third kappa shape index (κ3) is 2.57. The number of fused-ring (bicyclic) bond motifs is 1. The average molecular weight is 267 g/mol. The van der Waals surface area contributed by atoms with Gasteiger partial charge in [0.15, 0.2) is 11.6 Å². The quantitative estimate of drug-likeness (QED) is 0.837. The molecular formula is C13H15F2N3O. The predicted octanol–water partition coefficient (Wildman–Crippen LogP) is 2.72. The Bertz CT molecular complexity index is 667. The second kappa shape index (κ2) is 5.34. The molecule has 0 atom stereocenters. The number of anilines is 1. The van der Waals surface area contributed by atoms with Crippen molar-refractivity contribution in [2.24, 2.45) is 0 Å². The van der Waals surface area contributed by atoms with Gasteiger partial charge in [-0.1, -0.05) is 13.3 Å². The highest BCUT2D eigenvalue weighted by atomic mass is 19.1. The number of unbranched alkanes of at least 4 members (excludes halogenated alkanes) is 1. The molecule has 0 bridgehead atoms. The first-order valence-electron chi connectivity index (χ1n) is 6.17. The maximum Gasteiger partial charge on any atom is 0.269 e. The normalized spacial score (nSPS) is 10.9. The standard InChI is InChI=1S/C13H15F2N3O/c1-3-4-5-16-11-8(14)6-9-12(10(11)15)17-7(2)13(19)18-9/h6,16H,3-5H2,1-2H3,(H,18,19). The lowest BCUT2D eigenvalue weighted by molar-refractivity contribution is 0.593. The first-order valence-corrected chi connectivity index (χ1v) is 6.17. The highest BCUT2D eigenvalue weighted by Crippen LogP contribution is 2.25. The zero-order valence-corrected chi connectivity index (χ0v) is 10.8. The molecule has 6 heteroatoms. The fourth-order valence-corrected chi connectivity index (χ4v) is 1.80. The molecular weight excluding hydrogens is 252 g/mol. The van der Waals surface area contributed by atoms with Crippen molar-refractivity contribution < 1.29 is 8.78 Å². The van der Waals surface area contributed by atoms with E-state index in [0.717, 1.165) is 18.9 Å². The third-order valence-corrected chi connectivity index (χ3v) is 2.88. The number of rotatable bonds is 4. The van der Waals surface area contributed by atoms with Crippen LogP contribution in [0.2, 0.25) is 0 Å². The number of hydrogen-bond acceptors (Lipinski definition) is 3. The van der Waals surface area contributed by atoms with Gasteiger partial charge < -0.3 is 10.3 Å². The Morgan fingerprint density at radius 1 is 1.42 bits per heavy atom. The Morgan fingerprint density at radius 2 is 2.16 bits per heavy atom. The van der Waals surface area contributed by atoms with Crippen LogP contribution in [0.15, 0.2) is 10.9 Å². The van der Waals surface area contributed by atoms with Crippen LogP contribution >= 0.6 is 0 Å². The molecule has 2 aromatic rings. The Balaban J connectivity index is 2.54. The molecule has 1 aromatic heterocycles. The van der Waals surface area contributed by atoms with Crippen LogP contribution in [0.4, 0.5) is 14.5 Å². The minimum atomic E-state index is -0.773. The fourth-order valence-electron chi connectivity index (χ4n) is 1.80. The van der Waals surface area contributed by atoms with Crippen molar-refractivity contribution in [3.8, 4) is 0 Å².